The molecule has 1 aromatic carbocycles. The number of ether oxygens (including phenoxy) is 1. The van der Waals surface area contributed by atoms with E-state index >= 15 is 0 Å². The highest BCUT2D eigenvalue weighted by atomic mass is 16.5. The summed E-state index contributed by atoms with van der Waals surface area (Å²) in [7, 11) is 0. The van der Waals surface area contributed by atoms with Crippen molar-refractivity contribution in [3.05, 3.63) is 29.8 Å². The highest BCUT2D eigenvalue weighted by Gasteiger charge is 2.12. The van der Waals surface area contributed by atoms with Crippen LogP contribution >= 0.6 is 0 Å². The van der Waals surface area contributed by atoms with Crippen LogP contribution in [-0.4, -0.2) is 23.6 Å². The van der Waals surface area contributed by atoms with Gasteiger partial charge in [-0.05, 0) is 12.1 Å². The minimum atomic E-state index is -1.15. The van der Waals surface area contributed by atoms with Gasteiger partial charge in [-0.1, -0.05) is 12.1 Å². The van der Waals surface area contributed by atoms with Crippen LogP contribution in [0.1, 0.15) is 10.4 Å². The van der Waals surface area contributed by atoms with Gasteiger partial charge < -0.3 is 15.6 Å². The van der Waals surface area contributed by atoms with Crippen molar-refractivity contribution >= 4 is 11.9 Å². The number of nitrogens with two attached hydrogens (primary N) is 1. The molecule has 0 saturated carbocycles. The lowest BCUT2D eigenvalue weighted by atomic mass is 10.2. The second-order valence-electron chi connectivity index (χ2n) is 2.48. The maximum Gasteiger partial charge on any atom is 0.339 e. The summed E-state index contributed by atoms with van der Waals surface area (Å²) in [6.45, 7) is -0.284. The lowest BCUT2D eigenvalue weighted by molar-refractivity contribution is -0.132. The molecule has 0 aliphatic rings. The topological polar surface area (TPSA) is 89.6 Å². The molecule has 5 nitrogen and oxygen atoms in total. The zero-order valence-electron chi connectivity index (χ0n) is 7.27. The summed E-state index contributed by atoms with van der Waals surface area (Å²) in [5.74, 6) is -1.81. The van der Waals surface area contributed by atoms with Gasteiger partial charge in [0.05, 0.1) is 6.54 Å². The van der Waals surface area contributed by atoms with Crippen LogP contribution in [0.3, 0.4) is 0 Å². The number of carbonyl (C=O) groups is 2. The Kier molecular flexibility index (Phi) is 3.19. The van der Waals surface area contributed by atoms with Gasteiger partial charge in [0.15, 0.2) is 0 Å². The Morgan fingerprint density at radius 2 is 2.00 bits per heavy atom. The Morgan fingerprint density at radius 3 is 2.57 bits per heavy atom. The quantitative estimate of drug-likeness (QED) is 0.533. The number of carboxylic acids is 1. The van der Waals surface area contributed by atoms with Gasteiger partial charge in [0, 0.05) is 0 Å². The predicted octanol–water partition coefficient (Wildman–Crippen LogP) is 0.249. The molecular formula is C9H9NO4. The number of esters is 1. The smallest absolute Gasteiger partial charge is 0.339 e. The number of carboxylic acid groups (broad SMARTS) is 1. The zero-order valence-corrected chi connectivity index (χ0v) is 7.27. The minimum absolute atomic E-state index is 0.00968. The molecule has 0 aliphatic heterocycles. The summed E-state index contributed by atoms with van der Waals surface area (Å²) in [6.07, 6.45) is 0. The van der Waals surface area contributed by atoms with Crippen molar-refractivity contribution in [1.82, 2.24) is 0 Å². The maximum atomic E-state index is 10.8. The average Bonchev–Trinajstić information content (AvgIpc) is 2.18. The summed E-state index contributed by atoms with van der Waals surface area (Å²) >= 11 is 0. The fourth-order valence-electron chi connectivity index (χ4n) is 0.897. The van der Waals surface area contributed by atoms with E-state index in [1.807, 2.05) is 0 Å². The summed E-state index contributed by atoms with van der Waals surface area (Å²) < 4.78 is 4.71. The standard InChI is InChI=1S/C9H9NO4/c10-5-8(11)14-7-4-2-1-3-6(7)9(12)13/h1-4H,5,10H2,(H,12,13). The molecule has 3 N–H and O–H groups in total. The Bertz CT molecular complexity index is 362. The Morgan fingerprint density at radius 1 is 1.36 bits per heavy atom. The molecule has 5 heteroatoms. The molecule has 0 bridgehead atoms. The van der Waals surface area contributed by atoms with Crippen LogP contribution in [0, 0.1) is 0 Å². The van der Waals surface area contributed by atoms with Crippen LogP contribution in [0.2, 0.25) is 0 Å². The molecule has 0 aliphatic carbocycles. The van der Waals surface area contributed by atoms with Crippen molar-refractivity contribution in [2.24, 2.45) is 5.73 Å². The monoisotopic (exact) mass is 195 g/mol. The van der Waals surface area contributed by atoms with Crippen LogP contribution in [0.15, 0.2) is 24.3 Å². The van der Waals surface area contributed by atoms with Crippen molar-refractivity contribution in [3.63, 3.8) is 0 Å². The number of carbonyl (C=O) groups excluding carboxylic acids is 1. The average molecular weight is 195 g/mol. The van der Waals surface area contributed by atoms with Gasteiger partial charge >= 0.3 is 11.9 Å². The first-order valence-electron chi connectivity index (χ1n) is 3.88. The van der Waals surface area contributed by atoms with Crippen LogP contribution in [0.4, 0.5) is 0 Å². The largest absolute Gasteiger partial charge is 0.478 e. The van der Waals surface area contributed by atoms with Gasteiger partial charge in [0.1, 0.15) is 11.3 Å². The molecular weight excluding hydrogens is 186 g/mol. The molecule has 0 spiro atoms. The molecule has 14 heavy (non-hydrogen) atoms. The first-order chi connectivity index (χ1) is 6.65. The molecule has 1 aromatic rings. The van der Waals surface area contributed by atoms with Gasteiger partial charge in [-0.25, -0.2) is 4.79 Å². The number of hydrogen-bond acceptors (Lipinski definition) is 4. The molecule has 0 unspecified atom stereocenters. The third kappa shape index (κ3) is 2.30. The molecule has 74 valence electrons. The van der Waals surface area contributed by atoms with E-state index in [4.69, 9.17) is 15.6 Å². The highest BCUT2D eigenvalue weighted by Crippen LogP contribution is 2.17. The maximum absolute atomic E-state index is 10.8. The van der Waals surface area contributed by atoms with Crippen molar-refractivity contribution in [2.45, 2.75) is 0 Å². The number of aromatic carboxylic acids is 1. The van der Waals surface area contributed by atoms with Gasteiger partial charge in [-0.2, -0.15) is 0 Å². The third-order valence-electron chi connectivity index (χ3n) is 1.51. The first-order valence-corrected chi connectivity index (χ1v) is 3.88. The van der Waals surface area contributed by atoms with Crippen molar-refractivity contribution in [1.29, 1.82) is 0 Å². The van der Waals surface area contributed by atoms with Crippen molar-refractivity contribution < 1.29 is 19.4 Å². The van der Waals surface area contributed by atoms with Crippen LogP contribution in [0.5, 0.6) is 5.75 Å². The van der Waals surface area contributed by atoms with Gasteiger partial charge in [0.2, 0.25) is 0 Å². The summed E-state index contributed by atoms with van der Waals surface area (Å²) in [6, 6.07) is 5.87. The number of para-hydroxylation sites is 1. The molecule has 0 amide bonds. The molecule has 0 fully saturated rings. The first kappa shape index (κ1) is 10.2. The van der Waals surface area contributed by atoms with E-state index in [1.165, 1.54) is 12.1 Å². The fraction of sp³-hybridized carbons (Fsp3) is 0.111. The van der Waals surface area contributed by atoms with Crippen molar-refractivity contribution in [2.75, 3.05) is 6.54 Å². The fourth-order valence-corrected chi connectivity index (χ4v) is 0.897. The van der Waals surface area contributed by atoms with E-state index in [0.717, 1.165) is 0 Å². The Hall–Kier alpha value is -1.88. The van der Waals surface area contributed by atoms with E-state index in [2.05, 4.69) is 0 Å². The molecule has 0 radical (unpaired) electrons. The van der Waals surface area contributed by atoms with E-state index in [-0.39, 0.29) is 17.9 Å². The second kappa shape index (κ2) is 4.38. The van der Waals surface area contributed by atoms with E-state index in [9.17, 15) is 9.59 Å². The van der Waals surface area contributed by atoms with Crippen LogP contribution < -0.4 is 10.5 Å². The predicted molar refractivity (Wildman–Crippen MR) is 48.1 cm³/mol. The van der Waals surface area contributed by atoms with Crippen LogP contribution in [-0.2, 0) is 4.79 Å². The van der Waals surface area contributed by atoms with Gasteiger partial charge in [0.25, 0.3) is 0 Å². The SMILES string of the molecule is NCC(=O)Oc1ccccc1C(=O)O. The second-order valence-corrected chi connectivity index (χ2v) is 2.48. The van der Waals surface area contributed by atoms with Gasteiger partial charge in [-0.3, -0.25) is 4.79 Å². The number of benzene rings is 1. The zero-order chi connectivity index (χ0) is 10.6. The Labute approximate surface area is 80.1 Å². The van der Waals surface area contributed by atoms with Gasteiger partial charge in [-0.15, -0.1) is 0 Å². The van der Waals surface area contributed by atoms with E-state index in [0.29, 0.717) is 0 Å². The summed E-state index contributed by atoms with van der Waals surface area (Å²) in [5, 5.41) is 8.73. The Balaban J connectivity index is 2.95. The molecule has 0 aromatic heterocycles. The lowest BCUT2D eigenvalue weighted by Gasteiger charge is -2.05. The summed E-state index contributed by atoms with van der Waals surface area (Å²) in [4.78, 5) is 21.5. The molecule has 1 rings (SSSR count). The highest BCUT2D eigenvalue weighted by molar-refractivity contribution is 5.92. The minimum Gasteiger partial charge on any atom is -0.478 e. The molecule has 0 atom stereocenters. The molecule has 0 saturated heterocycles. The van der Waals surface area contributed by atoms with E-state index < -0.39 is 11.9 Å². The van der Waals surface area contributed by atoms with Crippen LogP contribution in [0.25, 0.3) is 0 Å². The normalized spacial score (nSPS) is 9.50. The number of rotatable bonds is 3. The van der Waals surface area contributed by atoms with Crippen molar-refractivity contribution in [3.8, 4) is 5.75 Å². The lowest BCUT2D eigenvalue weighted by Crippen LogP contribution is -2.20. The third-order valence-corrected chi connectivity index (χ3v) is 1.51. The number of hydrogen-bond donors (Lipinski definition) is 2. The summed E-state index contributed by atoms with van der Waals surface area (Å²) in [5.41, 5.74) is 4.96. The van der Waals surface area contributed by atoms with E-state index in [1.54, 1.807) is 12.1 Å². The molecule has 0 heterocycles.